The lowest BCUT2D eigenvalue weighted by atomic mass is 9.90. The van der Waals surface area contributed by atoms with E-state index in [1.807, 2.05) is 18.2 Å². The molecule has 8 heteroatoms. The van der Waals surface area contributed by atoms with Crippen LogP contribution >= 0.6 is 0 Å². The van der Waals surface area contributed by atoms with Crippen molar-refractivity contribution in [1.82, 2.24) is 14.6 Å². The number of likely N-dealkylation sites (tertiary alicyclic amines) is 1. The highest BCUT2D eigenvalue weighted by atomic mass is 32.2. The fourth-order valence-electron chi connectivity index (χ4n) is 3.60. The van der Waals surface area contributed by atoms with Crippen LogP contribution in [0.15, 0.2) is 30.9 Å². The van der Waals surface area contributed by atoms with E-state index < -0.39 is 22.2 Å². The first-order valence-electron chi connectivity index (χ1n) is 10.5. The Morgan fingerprint density at radius 2 is 2.10 bits per heavy atom. The van der Waals surface area contributed by atoms with Crippen LogP contribution in [0.5, 0.6) is 0 Å². The number of hydrogen-bond acceptors (Lipinski definition) is 5. The third kappa shape index (κ3) is 6.80. The van der Waals surface area contributed by atoms with Gasteiger partial charge in [0.1, 0.15) is 0 Å². The zero-order chi connectivity index (χ0) is 22.5. The Bertz CT molecular complexity index is 846. The molecule has 7 nitrogen and oxygen atoms in total. The minimum Gasteiger partial charge on any atom is -0.447 e. The van der Waals surface area contributed by atoms with Gasteiger partial charge in [0.2, 0.25) is 10.0 Å². The van der Waals surface area contributed by atoms with E-state index in [1.165, 1.54) is 6.08 Å². The van der Waals surface area contributed by atoms with Gasteiger partial charge in [-0.25, -0.2) is 17.9 Å². The van der Waals surface area contributed by atoms with E-state index in [4.69, 9.17) is 9.72 Å². The van der Waals surface area contributed by atoms with Crippen molar-refractivity contribution in [3.8, 4) is 0 Å². The summed E-state index contributed by atoms with van der Waals surface area (Å²) in [4.78, 5) is 19.2. The average molecular weight is 438 g/mol. The number of carbonyl (C=O) groups excluding carboxylic acids is 1. The van der Waals surface area contributed by atoms with Crippen molar-refractivity contribution in [1.29, 1.82) is 0 Å². The molecule has 0 aliphatic carbocycles. The molecule has 1 amide bonds. The molecule has 1 aliphatic rings. The minimum atomic E-state index is -3.53. The third-order valence-electron chi connectivity index (χ3n) is 5.01. The number of hydrogen-bond donors (Lipinski definition) is 1. The highest BCUT2D eigenvalue weighted by Gasteiger charge is 2.37. The maximum atomic E-state index is 12.8. The first kappa shape index (κ1) is 24.3. The van der Waals surface area contributed by atoms with Crippen molar-refractivity contribution >= 4 is 16.1 Å². The molecule has 1 N–H and O–H groups in total. The van der Waals surface area contributed by atoms with Gasteiger partial charge >= 0.3 is 6.09 Å². The second-order valence-electron chi connectivity index (χ2n) is 9.10. The second-order valence-corrected chi connectivity index (χ2v) is 10.9. The van der Waals surface area contributed by atoms with Crippen molar-refractivity contribution in [3.05, 3.63) is 42.2 Å². The lowest BCUT2D eigenvalue weighted by Gasteiger charge is -2.41. The van der Waals surface area contributed by atoms with Gasteiger partial charge in [-0.05, 0) is 38.8 Å². The summed E-state index contributed by atoms with van der Waals surface area (Å²) in [6.45, 7) is 13.9. The Balaban J connectivity index is 2.35. The van der Waals surface area contributed by atoms with Crippen LogP contribution in [-0.4, -0.2) is 54.9 Å². The van der Waals surface area contributed by atoms with Gasteiger partial charge in [-0.3, -0.25) is 4.98 Å². The molecular formula is C22H35N3O4S. The Morgan fingerprint density at radius 3 is 2.70 bits per heavy atom. The molecule has 30 heavy (non-hydrogen) atoms. The van der Waals surface area contributed by atoms with Gasteiger partial charge in [0.15, 0.2) is 0 Å². The molecular weight excluding hydrogens is 402 g/mol. The van der Waals surface area contributed by atoms with Gasteiger partial charge < -0.3 is 9.64 Å². The number of rotatable bonds is 7. The lowest BCUT2D eigenvalue weighted by Crippen LogP contribution is -2.58. The van der Waals surface area contributed by atoms with E-state index >= 15 is 0 Å². The van der Waals surface area contributed by atoms with E-state index in [2.05, 4.69) is 32.1 Å². The van der Waals surface area contributed by atoms with Crippen molar-refractivity contribution < 1.29 is 17.9 Å². The third-order valence-corrected chi connectivity index (χ3v) is 6.35. The van der Waals surface area contributed by atoms with Crippen LogP contribution in [0.3, 0.4) is 0 Å². The number of sulfonamides is 1. The topological polar surface area (TPSA) is 88.6 Å². The van der Waals surface area contributed by atoms with Gasteiger partial charge in [-0.1, -0.05) is 32.9 Å². The van der Waals surface area contributed by atoms with E-state index in [-0.39, 0.29) is 23.3 Å². The fraction of sp³-hybridized carbons (Fsp3) is 0.636. The van der Waals surface area contributed by atoms with Crippen LogP contribution in [0.1, 0.15) is 58.8 Å². The fourth-order valence-corrected chi connectivity index (χ4v) is 4.74. The minimum absolute atomic E-state index is 0.107. The summed E-state index contributed by atoms with van der Waals surface area (Å²) < 4.78 is 33.0. The van der Waals surface area contributed by atoms with Gasteiger partial charge in [-0.2, -0.15) is 0 Å². The molecule has 0 radical (unpaired) electrons. The molecule has 1 aromatic heterocycles. The number of pyridine rings is 1. The van der Waals surface area contributed by atoms with Crippen LogP contribution in [0, 0.1) is 0 Å². The summed E-state index contributed by atoms with van der Waals surface area (Å²) in [5.41, 5.74) is 1.67. The van der Waals surface area contributed by atoms with E-state index in [0.29, 0.717) is 25.8 Å². The Hall–Kier alpha value is -1.93. The van der Waals surface area contributed by atoms with E-state index in [1.54, 1.807) is 18.7 Å². The molecule has 168 valence electrons. The summed E-state index contributed by atoms with van der Waals surface area (Å²) in [6, 6.07) is 5.07. The molecule has 1 aliphatic heterocycles. The number of amides is 1. The maximum absolute atomic E-state index is 12.8. The highest BCUT2D eigenvalue weighted by molar-refractivity contribution is 7.89. The summed E-state index contributed by atoms with van der Waals surface area (Å²) >= 11 is 0. The second kappa shape index (κ2) is 9.92. The largest absolute Gasteiger partial charge is 0.447 e. The average Bonchev–Trinajstić information content (AvgIpc) is 2.61. The van der Waals surface area contributed by atoms with Crippen molar-refractivity contribution in [2.24, 2.45) is 0 Å². The van der Waals surface area contributed by atoms with Crippen LogP contribution in [0.2, 0.25) is 0 Å². The maximum Gasteiger partial charge on any atom is 0.410 e. The standard InChI is InChI=1S/C22H35N3O4S/c1-7-14-30(27,28)24-18-11-9-13-25(21(26)29-16(2)3)19(18)15-17-10-8-12-20(23-17)22(4,5)6/h7-8,10,12,16,18-19,24H,1,9,11,13-15H2,2-6H3. The molecule has 2 unspecified atom stereocenters. The van der Waals surface area contributed by atoms with E-state index in [0.717, 1.165) is 11.4 Å². The Kier molecular flexibility index (Phi) is 8.05. The smallest absolute Gasteiger partial charge is 0.410 e. The van der Waals surface area contributed by atoms with Gasteiger partial charge in [0, 0.05) is 35.8 Å². The van der Waals surface area contributed by atoms with Crippen LogP contribution in [-0.2, 0) is 26.6 Å². The van der Waals surface area contributed by atoms with Crippen molar-refractivity contribution in [3.63, 3.8) is 0 Å². The number of carbonyl (C=O) groups is 1. The molecule has 0 bridgehead atoms. The predicted octanol–water partition coefficient (Wildman–Crippen LogP) is 3.41. The van der Waals surface area contributed by atoms with Gasteiger partial charge in [0.25, 0.3) is 0 Å². The summed E-state index contributed by atoms with van der Waals surface area (Å²) in [6.07, 6.45) is 2.47. The molecule has 0 spiro atoms. The van der Waals surface area contributed by atoms with E-state index in [9.17, 15) is 13.2 Å². The number of ether oxygens (including phenoxy) is 1. The number of nitrogens with zero attached hydrogens (tertiary/aromatic N) is 2. The van der Waals surface area contributed by atoms with Gasteiger partial charge in [-0.15, -0.1) is 6.58 Å². The molecule has 0 aromatic carbocycles. The number of aromatic nitrogens is 1. The lowest BCUT2D eigenvalue weighted by molar-refractivity contribution is 0.0459. The monoisotopic (exact) mass is 437 g/mol. The molecule has 1 saturated heterocycles. The molecule has 0 saturated carbocycles. The molecule has 1 fully saturated rings. The zero-order valence-electron chi connectivity index (χ0n) is 18.7. The Morgan fingerprint density at radius 1 is 1.40 bits per heavy atom. The molecule has 2 heterocycles. The highest BCUT2D eigenvalue weighted by Crippen LogP contribution is 2.25. The molecule has 2 rings (SSSR count). The van der Waals surface area contributed by atoms with Crippen LogP contribution in [0.4, 0.5) is 4.79 Å². The Labute approximate surface area is 181 Å². The zero-order valence-corrected chi connectivity index (χ0v) is 19.5. The quantitative estimate of drug-likeness (QED) is 0.661. The first-order valence-corrected chi connectivity index (χ1v) is 12.1. The molecule has 1 aromatic rings. The normalized spacial score (nSPS) is 20.3. The number of piperidine rings is 1. The summed E-state index contributed by atoms with van der Waals surface area (Å²) in [7, 11) is -3.53. The number of nitrogens with one attached hydrogen (secondary N) is 1. The van der Waals surface area contributed by atoms with Crippen molar-refractivity contribution in [2.75, 3.05) is 12.3 Å². The van der Waals surface area contributed by atoms with Crippen LogP contribution < -0.4 is 4.72 Å². The molecule has 2 atom stereocenters. The predicted molar refractivity (Wildman–Crippen MR) is 119 cm³/mol. The SMILES string of the molecule is C=CCS(=O)(=O)NC1CCCN(C(=O)OC(C)C)C1Cc1cccc(C(C)(C)C)n1. The van der Waals surface area contributed by atoms with Gasteiger partial charge in [0.05, 0.1) is 17.9 Å². The van der Waals surface area contributed by atoms with Crippen molar-refractivity contribution in [2.45, 2.75) is 77.5 Å². The first-order chi connectivity index (χ1) is 13.9. The van der Waals surface area contributed by atoms with Crippen LogP contribution in [0.25, 0.3) is 0 Å². The summed E-state index contributed by atoms with van der Waals surface area (Å²) in [5.74, 6) is -0.162. The summed E-state index contributed by atoms with van der Waals surface area (Å²) in [5, 5.41) is 0.